The second-order valence-corrected chi connectivity index (χ2v) is 7.63. The minimum absolute atomic E-state index is 0.245. The third-order valence-corrected chi connectivity index (χ3v) is 5.38. The average molecular weight is 451 g/mol. The van der Waals surface area contributed by atoms with Crippen LogP contribution in [-0.4, -0.2) is 42.7 Å². The molecule has 2 N–H and O–H groups in total. The number of hydrogen-bond acceptors (Lipinski definition) is 8. The second-order valence-electron chi connectivity index (χ2n) is 4.93. The van der Waals surface area contributed by atoms with Crippen molar-refractivity contribution in [1.82, 2.24) is 25.0 Å². The summed E-state index contributed by atoms with van der Waals surface area (Å²) in [5.74, 6) is 4.02. The van der Waals surface area contributed by atoms with Crippen molar-refractivity contribution >= 4 is 45.0 Å². The van der Waals surface area contributed by atoms with E-state index in [2.05, 4.69) is 42.1 Å². The Bertz CT molecular complexity index is 920. The molecule has 0 unspecified atom stereocenters. The van der Waals surface area contributed by atoms with Crippen molar-refractivity contribution < 1.29 is 4.74 Å². The standard InChI is InChI=1S/C16H15BrN6OS2/c1-2-10-25-15-19-14(18)23(22-15)16-21-20-13(26-16)11-6-3-4-7-12(11)24-9-5-8-17/h1,3-4,6-7H,5,8-10H2,(H2,18,19,22). The number of para-hydroxylation sites is 1. The van der Waals surface area contributed by atoms with Crippen LogP contribution in [-0.2, 0) is 0 Å². The summed E-state index contributed by atoms with van der Waals surface area (Å²) in [5, 5.41) is 15.4. The lowest BCUT2D eigenvalue weighted by atomic mass is 10.2. The minimum Gasteiger partial charge on any atom is -0.493 e. The summed E-state index contributed by atoms with van der Waals surface area (Å²) in [6.45, 7) is 0.625. The van der Waals surface area contributed by atoms with Crippen LogP contribution >= 0.6 is 39.0 Å². The Hall–Kier alpha value is -2.09. The highest BCUT2D eigenvalue weighted by Gasteiger charge is 2.16. The van der Waals surface area contributed by atoms with Crippen LogP contribution in [0.25, 0.3) is 15.7 Å². The van der Waals surface area contributed by atoms with Crippen LogP contribution in [0.3, 0.4) is 0 Å². The molecule has 134 valence electrons. The fourth-order valence-electron chi connectivity index (χ4n) is 2.03. The first-order valence-electron chi connectivity index (χ1n) is 7.63. The molecule has 2 heterocycles. The summed E-state index contributed by atoms with van der Waals surface area (Å²) < 4.78 is 7.31. The van der Waals surface area contributed by atoms with E-state index in [-0.39, 0.29) is 5.95 Å². The number of aromatic nitrogens is 5. The highest BCUT2D eigenvalue weighted by Crippen LogP contribution is 2.33. The molecular formula is C16H15BrN6OS2. The quantitative estimate of drug-likeness (QED) is 0.243. The lowest BCUT2D eigenvalue weighted by molar-refractivity contribution is 0.320. The Balaban J connectivity index is 1.85. The summed E-state index contributed by atoms with van der Waals surface area (Å²) in [5.41, 5.74) is 6.82. The van der Waals surface area contributed by atoms with E-state index in [9.17, 15) is 0 Å². The van der Waals surface area contributed by atoms with Gasteiger partial charge in [0.25, 0.3) is 0 Å². The molecule has 0 atom stereocenters. The molecule has 0 spiro atoms. The molecule has 0 saturated carbocycles. The largest absolute Gasteiger partial charge is 0.493 e. The predicted molar refractivity (Wildman–Crippen MR) is 108 cm³/mol. The van der Waals surface area contributed by atoms with Gasteiger partial charge in [-0.2, -0.15) is 9.67 Å². The van der Waals surface area contributed by atoms with Gasteiger partial charge in [0.2, 0.25) is 16.2 Å². The maximum absolute atomic E-state index is 5.94. The third-order valence-electron chi connectivity index (χ3n) is 3.15. The van der Waals surface area contributed by atoms with Gasteiger partial charge in [0.1, 0.15) is 5.75 Å². The Morgan fingerprint density at radius 3 is 3.00 bits per heavy atom. The summed E-state index contributed by atoms with van der Waals surface area (Å²) in [6.07, 6.45) is 6.18. The topological polar surface area (TPSA) is 91.7 Å². The number of nitrogens with zero attached hydrogens (tertiary/aromatic N) is 5. The van der Waals surface area contributed by atoms with Gasteiger partial charge in [0.15, 0.2) is 5.01 Å². The van der Waals surface area contributed by atoms with E-state index in [4.69, 9.17) is 16.9 Å². The molecule has 0 fully saturated rings. The van der Waals surface area contributed by atoms with Crippen LogP contribution in [0.5, 0.6) is 5.75 Å². The number of rotatable bonds is 8. The second kappa shape index (κ2) is 9.02. The third kappa shape index (κ3) is 4.35. The highest BCUT2D eigenvalue weighted by atomic mass is 79.9. The van der Waals surface area contributed by atoms with Gasteiger partial charge in [-0.1, -0.05) is 57.1 Å². The van der Waals surface area contributed by atoms with Gasteiger partial charge >= 0.3 is 0 Å². The molecule has 0 aliphatic carbocycles. The molecule has 7 nitrogen and oxygen atoms in total. The van der Waals surface area contributed by atoms with Gasteiger partial charge in [-0.3, -0.25) is 0 Å². The number of terminal acetylenes is 1. The summed E-state index contributed by atoms with van der Waals surface area (Å²) in [4.78, 5) is 4.18. The fourth-order valence-corrected chi connectivity index (χ4v) is 3.60. The number of anilines is 1. The SMILES string of the molecule is C#CCSc1nc(N)n(-c2nnc(-c3ccccc3OCCCBr)s2)n1. The number of benzene rings is 1. The zero-order valence-corrected chi connectivity index (χ0v) is 16.9. The maximum Gasteiger partial charge on any atom is 0.236 e. The maximum atomic E-state index is 5.94. The van der Waals surface area contributed by atoms with Crippen LogP contribution in [0.15, 0.2) is 29.4 Å². The smallest absolute Gasteiger partial charge is 0.236 e. The van der Waals surface area contributed by atoms with Crippen molar-refractivity contribution in [3.05, 3.63) is 24.3 Å². The lowest BCUT2D eigenvalue weighted by Crippen LogP contribution is -2.01. The number of nitrogen functional groups attached to an aromatic ring is 1. The average Bonchev–Trinajstić information content (AvgIpc) is 3.27. The van der Waals surface area contributed by atoms with E-state index in [1.807, 2.05) is 24.3 Å². The number of alkyl halides is 1. The van der Waals surface area contributed by atoms with E-state index >= 15 is 0 Å². The van der Waals surface area contributed by atoms with E-state index < -0.39 is 0 Å². The Kier molecular flexibility index (Phi) is 6.49. The molecular weight excluding hydrogens is 436 g/mol. The van der Waals surface area contributed by atoms with Gasteiger partial charge in [0.05, 0.1) is 17.9 Å². The molecule has 0 radical (unpaired) electrons. The summed E-state index contributed by atoms with van der Waals surface area (Å²) >= 11 is 6.10. The van der Waals surface area contributed by atoms with E-state index in [0.717, 1.165) is 28.1 Å². The van der Waals surface area contributed by atoms with Crippen molar-refractivity contribution in [1.29, 1.82) is 0 Å². The monoisotopic (exact) mass is 450 g/mol. The van der Waals surface area contributed by atoms with E-state index in [0.29, 0.717) is 22.6 Å². The van der Waals surface area contributed by atoms with Gasteiger partial charge in [0, 0.05) is 5.33 Å². The van der Waals surface area contributed by atoms with Crippen molar-refractivity contribution in [3.8, 4) is 33.8 Å². The zero-order valence-electron chi connectivity index (χ0n) is 13.6. The summed E-state index contributed by atoms with van der Waals surface area (Å²) in [7, 11) is 0. The number of ether oxygens (including phenoxy) is 1. The zero-order chi connectivity index (χ0) is 18.4. The first-order valence-corrected chi connectivity index (χ1v) is 10.6. The molecule has 0 aliphatic heterocycles. The summed E-state index contributed by atoms with van der Waals surface area (Å²) in [6, 6.07) is 7.74. The van der Waals surface area contributed by atoms with Crippen LogP contribution in [0, 0.1) is 12.3 Å². The van der Waals surface area contributed by atoms with Crippen LogP contribution in [0.2, 0.25) is 0 Å². The van der Waals surface area contributed by atoms with Gasteiger partial charge in [-0.15, -0.1) is 21.7 Å². The molecule has 1 aromatic carbocycles. The first kappa shape index (κ1) is 18.7. The Labute approximate surface area is 167 Å². The van der Waals surface area contributed by atoms with Gasteiger partial charge in [-0.25, -0.2) is 0 Å². The molecule has 0 aliphatic rings. The van der Waals surface area contributed by atoms with Gasteiger partial charge < -0.3 is 10.5 Å². The Morgan fingerprint density at radius 2 is 2.19 bits per heavy atom. The number of thioether (sulfide) groups is 1. The van der Waals surface area contributed by atoms with Crippen LogP contribution in [0.4, 0.5) is 5.95 Å². The molecule has 10 heteroatoms. The van der Waals surface area contributed by atoms with Crippen molar-refractivity contribution in [2.75, 3.05) is 23.4 Å². The lowest BCUT2D eigenvalue weighted by Gasteiger charge is -2.08. The first-order chi connectivity index (χ1) is 12.7. The van der Waals surface area contributed by atoms with Crippen molar-refractivity contribution in [3.63, 3.8) is 0 Å². The molecule has 26 heavy (non-hydrogen) atoms. The van der Waals surface area contributed by atoms with Crippen molar-refractivity contribution in [2.24, 2.45) is 0 Å². The Morgan fingerprint density at radius 1 is 1.35 bits per heavy atom. The number of hydrogen-bond donors (Lipinski definition) is 1. The van der Waals surface area contributed by atoms with Gasteiger partial charge in [-0.05, 0) is 18.6 Å². The highest BCUT2D eigenvalue weighted by molar-refractivity contribution is 9.09. The number of nitrogens with two attached hydrogens (primary N) is 1. The normalized spacial score (nSPS) is 10.6. The minimum atomic E-state index is 0.245. The molecule has 3 rings (SSSR count). The molecule has 0 amide bonds. The van der Waals surface area contributed by atoms with Crippen molar-refractivity contribution in [2.45, 2.75) is 11.6 Å². The predicted octanol–water partition coefficient (Wildman–Crippen LogP) is 3.26. The fraction of sp³-hybridized carbons (Fsp3) is 0.250. The molecule has 3 aromatic rings. The van der Waals surface area contributed by atoms with Crippen LogP contribution in [0.1, 0.15) is 6.42 Å². The molecule has 0 bridgehead atoms. The van der Waals surface area contributed by atoms with E-state index in [1.165, 1.54) is 27.8 Å². The van der Waals surface area contributed by atoms with E-state index in [1.54, 1.807) is 0 Å². The van der Waals surface area contributed by atoms with Crippen LogP contribution < -0.4 is 10.5 Å². The number of halogens is 1. The molecule has 0 saturated heterocycles. The molecule has 2 aromatic heterocycles.